The third kappa shape index (κ3) is 3.55. The molecule has 0 aliphatic heterocycles. The molecule has 0 aromatic heterocycles. The van der Waals surface area contributed by atoms with E-state index in [4.69, 9.17) is 10.5 Å². The molecule has 0 saturated heterocycles. The number of rotatable bonds is 6. The van der Waals surface area contributed by atoms with Crippen molar-refractivity contribution >= 4 is 5.91 Å². The van der Waals surface area contributed by atoms with E-state index in [1.165, 1.54) is 0 Å². The van der Waals surface area contributed by atoms with Crippen LogP contribution in [0, 0.1) is 0 Å². The zero-order valence-electron chi connectivity index (χ0n) is 9.69. The van der Waals surface area contributed by atoms with E-state index in [-0.39, 0.29) is 11.9 Å². The number of methoxy groups -OCH3 is 1. The number of ether oxygens (including phenoxy) is 1. The average Bonchev–Trinajstić information content (AvgIpc) is 2.30. The Kier molecular flexibility index (Phi) is 4.79. The SMILES string of the molecule is CCC(NCc1ccc(OC)cc1)C(N)=O. The van der Waals surface area contributed by atoms with E-state index in [1.54, 1.807) is 7.11 Å². The van der Waals surface area contributed by atoms with E-state index in [0.717, 1.165) is 11.3 Å². The lowest BCUT2D eigenvalue weighted by atomic mass is 10.1. The summed E-state index contributed by atoms with van der Waals surface area (Å²) in [5.41, 5.74) is 6.33. The molecule has 0 aliphatic rings. The summed E-state index contributed by atoms with van der Waals surface area (Å²) in [6, 6.07) is 7.44. The molecule has 1 aromatic carbocycles. The van der Waals surface area contributed by atoms with Gasteiger partial charge in [-0.05, 0) is 24.1 Å². The molecule has 4 nitrogen and oxygen atoms in total. The predicted molar refractivity (Wildman–Crippen MR) is 63.1 cm³/mol. The van der Waals surface area contributed by atoms with Crippen molar-refractivity contribution in [3.8, 4) is 5.75 Å². The molecule has 0 radical (unpaired) electrons. The van der Waals surface area contributed by atoms with E-state index >= 15 is 0 Å². The lowest BCUT2D eigenvalue weighted by Gasteiger charge is -2.13. The van der Waals surface area contributed by atoms with Crippen molar-refractivity contribution in [1.82, 2.24) is 5.32 Å². The van der Waals surface area contributed by atoms with Crippen LogP contribution in [0.2, 0.25) is 0 Å². The van der Waals surface area contributed by atoms with Crippen LogP contribution >= 0.6 is 0 Å². The minimum absolute atomic E-state index is 0.262. The van der Waals surface area contributed by atoms with Crippen molar-refractivity contribution in [2.45, 2.75) is 25.9 Å². The Morgan fingerprint density at radius 1 is 1.44 bits per heavy atom. The fourth-order valence-corrected chi connectivity index (χ4v) is 1.43. The number of amides is 1. The van der Waals surface area contributed by atoms with Gasteiger partial charge in [0.15, 0.2) is 0 Å². The largest absolute Gasteiger partial charge is 0.497 e. The third-order valence-corrected chi connectivity index (χ3v) is 2.46. The van der Waals surface area contributed by atoms with Gasteiger partial charge < -0.3 is 15.8 Å². The van der Waals surface area contributed by atoms with Crippen molar-refractivity contribution < 1.29 is 9.53 Å². The number of hydrogen-bond donors (Lipinski definition) is 2. The van der Waals surface area contributed by atoms with Crippen molar-refractivity contribution in [1.29, 1.82) is 0 Å². The van der Waals surface area contributed by atoms with Gasteiger partial charge in [0.2, 0.25) is 5.91 Å². The number of carbonyl (C=O) groups is 1. The molecule has 3 N–H and O–H groups in total. The summed E-state index contributed by atoms with van der Waals surface area (Å²) in [7, 11) is 1.63. The van der Waals surface area contributed by atoms with Gasteiger partial charge in [0.25, 0.3) is 0 Å². The first-order chi connectivity index (χ1) is 7.67. The van der Waals surface area contributed by atoms with Gasteiger partial charge in [0, 0.05) is 6.54 Å². The Morgan fingerprint density at radius 2 is 2.06 bits per heavy atom. The van der Waals surface area contributed by atoms with Crippen LogP contribution < -0.4 is 15.8 Å². The molecule has 1 unspecified atom stereocenters. The van der Waals surface area contributed by atoms with E-state index in [1.807, 2.05) is 31.2 Å². The van der Waals surface area contributed by atoms with Gasteiger partial charge in [-0.25, -0.2) is 0 Å². The number of nitrogens with two attached hydrogens (primary N) is 1. The summed E-state index contributed by atoms with van der Waals surface area (Å²) < 4.78 is 5.06. The van der Waals surface area contributed by atoms with Crippen LogP contribution in [-0.4, -0.2) is 19.1 Å². The molecule has 88 valence electrons. The molecular weight excluding hydrogens is 204 g/mol. The molecule has 0 spiro atoms. The molecular formula is C12H18N2O2. The van der Waals surface area contributed by atoms with Gasteiger partial charge in [-0.2, -0.15) is 0 Å². The topological polar surface area (TPSA) is 64.3 Å². The van der Waals surface area contributed by atoms with Crippen LogP contribution in [0.5, 0.6) is 5.75 Å². The fraction of sp³-hybridized carbons (Fsp3) is 0.417. The summed E-state index contributed by atoms with van der Waals surface area (Å²) in [6.07, 6.45) is 0.700. The Labute approximate surface area is 95.8 Å². The second kappa shape index (κ2) is 6.12. The van der Waals surface area contributed by atoms with Gasteiger partial charge in [0.1, 0.15) is 5.75 Å². The van der Waals surface area contributed by atoms with E-state index in [2.05, 4.69) is 5.32 Å². The number of benzene rings is 1. The molecule has 0 heterocycles. The number of nitrogens with one attached hydrogen (secondary N) is 1. The normalized spacial score (nSPS) is 12.1. The first kappa shape index (κ1) is 12.5. The summed E-state index contributed by atoms with van der Waals surface area (Å²) in [5, 5.41) is 3.11. The molecule has 16 heavy (non-hydrogen) atoms. The van der Waals surface area contributed by atoms with Crippen molar-refractivity contribution in [2.24, 2.45) is 5.73 Å². The Hall–Kier alpha value is -1.55. The molecule has 4 heteroatoms. The van der Waals surface area contributed by atoms with Crippen molar-refractivity contribution in [2.75, 3.05) is 7.11 Å². The quantitative estimate of drug-likeness (QED) is 0.756. The number of hydrogen-bond acceptors (Lipinski definition) is 3. The van der Waals surface area contributed by atoms with Crippen LogP contribution in [-0.2, 0) is 11.3 Å². The van der Waals surface area contributed by atoms with Crippen LogP contribution in [0.25, 0.3) is 0 Å². The van der Waals surface area contributed by atoms with Gasteiger partial charge in [-0.15, -0.1) is 0 Å². The minimum Gasteiger partial charge on any atom is -0.497 e. The second-order valence-corrected chi connectivity index (χ2v) is 3.59. The van der Waals surface area contributed by atoms with Crippen LogP contribution in [0.15, 0.2) is 24.3 Å². The highest BCUT2D eigenvalue weighted by atomic mass is 16.5. The molecule has 0 bridgehead atoms. The highest BCUT2D eigenvalue weighted by molar-refractivity contribution is 5.79. The van der Waals surface area contributed by atoms with E-state index in [9.17, 15) is 4.79 Å². The summed E-state index contributed by atoms with van der Waals surface area (Å²) in [5.74, 6) is 0.515. The monoisotopic (exact) mass is 222 g/mol. The maximum Gasteiger partial charge on any atom is 0.234 e. The highest BCUT2D eigenvalue weighted by Gasteiger charge is 2.11. The summed E-state index contributed by atoms with van der Waals surface area (Å²) in [4.78, 5) is 11.0. The smallest absolute Gasteiger partial charge is 0.234 e. The lowest BCUT2D eigenvalue weighted by molar-refractivity contribution is -0.120. The highest BCUT2D eigenvalue weighted by Crippen LogP contribution is 2.11. The van der Waals surface area contributed by atoms with Crippen molar-refractivity contribution in [3.05, 3.63) is 29.8 Å². The van der Waals surface area contributed by atoms with Gasteiger partial charge in [-0.3, -0.25) is 4.79 Å². The van der Waals surface area contributed by atoms with Gasteiger partial charge >= 0.3 is 0 Å². The number of carbonyl (C=O) groups excluding carboxylic acids is 1. The molecule has 0 fully saturated rings. The average molecular weight is 222 g/mol. The zero-order valence-corrected chi connectivity index (χ0v) is 9.69. The molecule has 1 atom stereocenters. The number of primary amides is 1. The predicted octanol–water partition coefficient (Wildman–Crippen LogP) is 1.05. The van der Waals surface area contributed by atoms with Crippen LogP contribution in [0.4, 0.5) is 0 Å². The maximum absolute atomic E-state index is 11.0. The first-order valence-electron chi connectivity index (χ1n) is 5.33. The minimum atomic E-state index is -0.309. The molecule has 0 saturated carbocycles. The Bertz CT molecular complexity index is 335. The fourth-order valence-electron chi connectivity index (χ4n) is 1.43. The molecule has 1 aromatic rings. The van der Waals surface area contributed by atoms with Crippen LogP contribution in [0.3, 0.4) is 0 Å². The third-order valence-electron chi connectivity index (χ3n) is 2.46. The van der Waals surface area contributed by atoms with Gasteiger partial charge in [0.05, 0.1) is 13.2 Å². The maximum atomic E-state index is 11.0. The zero-order chi connectivity index (χ0) is 12.0. The summed E-state index contributed by atoms with van der Waals surface area (Å²) >= 11 is 0. The molecule has 0 aliphatic carbocycles. The van der Waals surface area contributed by atoms with Crippen molar-refractivity contribution in [3.63, 3.8) is 0 Å². The summed E-state index contributed by atoms with van der Waals surface area (Å²) in [6.45, 7) is 2.56. The van der Waals surface area contributed by atoms with Gasteiger partial charge in [-0.1, -0.05) is 19.1 Å². The van der Waals surface area contributed by atoms with Crippen LogP contribution in [0.1, 0.15) is 18.9 Å². The molecule has 1 rings (SSSR count). The lowest BCUT2D eigenvalue weighted by Crippen LogP contribution is -2.40. The first-order valence-corrected chi connectivity index (χ1v) is 5.33. The van der Waals surface area contributed by atoms with E-state index < -0.39 is 0 Å². The van der Waals surface area contributed by atoms with E-state index in [0.29, 0.717) is 13.0 Å². The Balaban J connectivity index is 2.50. The standard InChI is InChI=1S/C12H18N2O2/c1-3-11(12(13)15)14-8-9-4-6-10(16-2)7-5-9/h4-7,11,14H,3,8H2,1-2H3,(H2,13,15). The molecule has 1 amide bonds. The Morgan fingerprint density at radius 3 is 2.50 bits per heavy atom. The second-order valence-electron chi connectivity index (χ2n) is 3.59.